The first-order chi connectivity index (χ1) is 14.5. The number of nitriles is 1. The van der Waals surface area contributed by atoms with Crippen LogP contribution in [0.5, 0.6) is 0 Å². The molecular weight excluding hydrogens is 390 g/mol. The van der Waals surface area contributed by atoms with Gasteiger partial charge in [-0.3, -0.25) is 9.36 Å². The molecule has 3 aromatic rings. The van der Waals surface area contributed by atoms with Gasteiger partial charge in [0.15, 0.2) is 0 Å². The SMILES string of the molecule is CCC(Sc1nc(C(C)C)ccc1C#N)C(=O)n1c2c(c3ccccc31)CCCC2. The molecule has 5 heteroatoms. The number of para-hydroxylation sites is 1. The average Bonchev–Trinajstić information content (AvgIpc) is 3.11. The Labute approximate surface area is 182 Å². The second-order valence-electron chi connectivity index (χ2n) is 8.19. The molecule has 4 nitrogen and oxygen atoms in total. The van der Waals surface area contributed by atoms with Crippen LogP contribution in [-0.4, -0.2) is 20.7 Å². The van der Waals surface area contributed by atoms with Crippen LogP contribution in [0.15, 0.2) is 41.4 Å². The van der Waals surface area contributed by atoms with Crippen LogP contribution in [0.4, 0.5) is 0 Å². The van der Waals surface area contributed by atoms with Crippen molar-refractivity contribution in [2.75, 3.05) is 0 Å². The molecule has 1 aliphatic rings. The Morgan fingerprint density at radius 1 is 1.20 bits per heavy atom. The largest absolute Gasteiger partial charge is 0.283 e. The van der Waals surface area contributed by atoms with E-state index in [4.69, 9.17) is 4.98 Å². The van der Waals surface area contributed by atoms with Gasteiger partial charge in [0, 0.05) is 16.8 Å². The molecule has 0 radical (unpaired) electrons. The summed E-state index contributed by atoms with van der Waals surface area (Å²) in [5.74, 6) is 0.371. The average molecular weight is 418 g/mol. The maximum Gasteiger partial charge on any atom is 0.244 e. The number of aromatic nitrogens is 2. The molecule has 1 unspecified atom stereocenters. The van der Waals surface area contributed by atoms with Gasteiger partial charge in [-0.2, -0.15) is 5.26 Å². The van der Waals surface area contributed by atoms with Gasteiger partial charge in [0.05, 0.1) is 16.3 Å². The van der Waals surface area contributed by atoms with Crippen molar-refractivity contribution in [3.05, 3.63) is 58.9 Å². The number of hydrogen-bond donors (Lipinski definition) is 0. The highest BCUT2D eigenvalue weighted by molar-refractivity contribution is 8.00. The molecule has 0 spiro atoms. The third kappa shape index (κ3) is 3.65. The minimum Gasteiger partial charge on any atom is -0.283 e. The van der Waals surface area contributed by atoms with E-state index in [1.165, 1.54) is 34.8 Å². The lowest BCUT2D eigenvalue weighted by molar-refractivity contribution is 0.0910. The molecule has 1 atom stereocenters. The van der Waals surface area contributed by atoms with Gasteiger partial charge < -0.3 is 0 Å². The van der Waals surface area contributed by atoms with E-state index in [2.05, 4.69) is 38.1 Å². The lowest BCUT2D eigenvalue weighted by atomic mass is 9.95. The predicted octanol–water partition coefficient (Wildman–Crippen LogP) is 6.12. The van der Waals surface area contributed by atoms with Gasteiger partial charge in [0.1, 0.15) is 11.1 Å². The molecule has 1 aromatic carbocycles. The van der Waals surface area contributed by atoms with Crippen molar-refractivity contribution in [3.63, 3.8) is 0 Å². The molecule has 2 heterocycles. The highest BCUT2D eigenvalue weighted by Crippen LogP contribution is 2.35. The quantitative estimate of drug-likeness (QED) is 0.469. The molecule has 4 rings (SSSR count). The van der Waals surface area contributed by atoms with E-state index in [-0.39, 0.29) is 17.1 Å². The van der Waals surface area contributed by atoms with E-state index in [0.29, 0.717) is 17.0 Å². The summed E-state index contributed by atoms with van der Waals surface area (Å²) in [6.45, 7) is 6.21. The molecular formula is C25H27N3OS. The Balaban J connectivity index is 1.75. The number of carbonyl (C=O) groups excluding carboxylic acids is 1. The zero-order valence-corrected chi connectivity index (χ0v) is 18.6. The number of thioether (sulfide) groups is 1. The van der Waals surface area contributed by atoms with Crippen LogP contribution in [0.1, 0.15) is 73.3 Å². The van der Waals surface area contributed by atoms with Crippen LogP contribution in [0.2, 0.25) is 0 Å². The predicted molar refractivity (Wildman–Crippen MR) is 122 cm³/mol. The molecule has 0 fully saturated rings. The highest BCUT2D eigenvalue weighted by atomic mass is 32.2. The number of nitrogens with zero attached hydrogens (tertiary/aromatic N) is 3. The van der Waals surface area contributed by atoms with Crippen LogP contribution in [0.3, 0.4) is 0 Å². The zero-order valence-electron chi connectivity index (χ0n) is 17.8. The summed E-state index contributed by atoms with van der Waals surface area (Å²) in [6, 6.07) is 14.2. The Morgan fingerprint density at radius 3 is 2.70 bits per heavy atom. The van der Waals surface area contributed by atoms with Gasteiger partial charge in [0.25, 0.3) is 0 Å². The molecule has 1 aliphatic carbocycles. The Kier molecular flexibility index (Phi) is 5.97. The molecule has 0 N–H and O–H groups in total. The third-order valence-electron chi connectivity index (χ3n) is 5.89. The first-order valence-electron chi connectivity index (χ1n) is 10.8. The van der Waals surface area contributed by atoms with Gasteiger partial charge in [-0.15, -0.1) is 0 Å². The molecule has 0 amide bonds. The monoisotopic (exact) mass is 417 g/mol. The summed E-state index contributed by atoms with van der Waals surface area (Å²) in [5.41, 5.74) is 5.01. The third-order valence-corrected chi connectivity index (χ3v) is 7.25. The van der Waals surface area contributed by atoms with E-state index in [0.717, 1.165) is 30.5 Å². The summed E-state index contributed by atoms with van der Waals surface area (Å²) >= 11 is 1.43. The second kappa shape index (κ2) is 8.65. The molecule has 2 aromatic heterocycles. The number of pyridine rings is 1. The number of carbonyl (C=O) groups is 1. The Hall–Kier alpha value is -2.58. The van der Waals surface area contributed by atoms with E-state index >= 15 is 0 Å². The second-order valence-corrected chi connectivity index (χ2v) is 9.38. The maximum atomic E-state index is 13.8. The lowest BCUT2D eigenvalue weighted by Gasteiger charge is -2.20. The normalized spacial score (nSPS) is 14.5. The minimum absolute atomic E-state index is 0.0995. The van der Waals surface area contributed by atoms with E-state index < -0.39 is 0 Å². The summed E-state index contributed by atoms with van der Waals surface area (Å²) in [4.78, 5) is 18.5. The highest BCUT2D eigenvalue weighted by Gasteiger charge is 2.28. The molecule has 30 heavy (non-hydrogen) atoms. The van der Waals surface area contributed by atoms with Gasteiger partial charge in [-0.1, -0.05) is 50.7 Å². The van der Waals surface area contributed by atoms with Crippen LogP contribution in [0.25, 0.3) is 10.9 Å². The lowest BCUT2D eigenvalue weighted by Crippen LogP contribution is -2.26. The standard InChI is InChI=1S/C25H27N3OS/c1-4-23(30-24-17(15-26)13-14-20(27-24)16(2)3)25(29)28-21-11-7-5-9-18(21)19-10-6-8-12-22(19)28/h5,7,9,11,13-14,16,23H,4,6,8,10,12H2,1-3H3. The smallest absolute Gasteiger partial charge is 0.244 e. The van der Waals surface area contributed by atoms with Crippen molar-refractivity contribution >= 4 is 28.6 Å². The number of hydrogen-bond acceptors (Lipinski definition) is 4. The van der Waals surface area contributed by atoms with E-state index in [1.807, 2.05) is 29.7 Å². The molecule has 0 saturated carbocycles. The number of rotatable bonds is 5. The van der Waals surface area contributed by atoms with Crippen molar-refractivity contribution in [1.82, 2.24) is 9.55 Å². The van der Waals surface area contributed by atoms with Gasteiger partial charge in [-0.05, 0) is 61.8 Å². The molecule has 0 saturated heterocycles. The number of aryl methyl sites for hydroxylation is 1. The Bertz CT molecular complexity index is 1140. The summed E-state index contributed by atoms with van der Waals surface area (Å²) in [6.07, 6.45) is 4.97. The first-order valence-corrected chi connectivity index (χ1v) is 11.7. The van der Waals surface area contributed by atoms with Crippen molar-refractivity contribution in [3.8, 4) is 6.07 Å². The fraction of sp³-hybridized carbons (Fsp3) is 0.400. The van der Waals surface area contributed by atoms with Gasteiger partial charge in [0.2, 0.25) is 5.91 Å². The summed E-state index contributed by atoms with van der Waals surface area (Å²) in [7, 11) is 0. The van der Waals surface area contributed by atoms with Crippen LogP contribution >= 0.6 is 11.8 Å². The van der Waals surface area contributed by atoms with Crippen LogP contribution < -0.4 is 0 Å². The minimum atomic E-state index is -0.283. The molecule has 0 aliphatic heterocycles. The van der Waals surface area contributed by atoms with Crippen molar-refractivity contribution in [2.45, 2.75) is 69.1 Å². The number of benzene rings is 1. The van der Waals surface area contributed by atoms with Gasteiger partial charge >= 0.3 is 0 Å². The van der Waals surface area contributed by atoms with Crippen molar-refractivity contribution in [2.24, 2.45) is 0 Å². The fourth-order valence-corrected chi connectivity index (χ4v) is 5.33. The fourth-order valence-electron chi connectivity index (χ4n) is 4.29. The van der Waals surface area contributed by atoms with E-state index in [1.54, 1.807) is 0 Å². The van der Waals surface area contributed by atoms with Crippen molar-refractivity contribution in [1.29, 1.82) is 5.26 Å². The zero-order chi connectivity index (χ0) is 21.3. The topological polar surface area (TPSA) is 58.7 Å². The summed E-state index contributed by atoms with van der Waals surface area (Å²) < 4.78 is 1.96. The maximum absolute atomic E-state index is 13.8. The molecule has 154 valence electrons. The van der Waals surface area contributed by atoms with E-state index in [9.17, 15) is 10.1 Å². The molecule has 0 bridgehead atoms. The Morgan fingerprint density at radius 2 is 1.97 bits per heavy atom. The van der Waals surface area contributed by atoms with Crippen molar-refractivity contribution < 1.29 is 4.79 Å². The van der Waals surface area contributed by atoms with Crippen LogP contribution in [0, 0.1) is 11.3 Å². The van der Waals surface area contributed by atoms with Gasteiger partial charge in [-0.25, -0.2) is 4.98 Å². The number of fused-ring (bicyclic) bond motifs is 3. The van der Waals surface area contributed by atoms with Crippen LogP contribution in [-0.2, 0) is 12.8 Å². The summed E-state index contributed by atoms with van der Waals surface area (Å²) in [5, 5.41) is 11.1. The first kappa shape index (κ1) is 20.7.